The van der Waals surface area contributed by atoms with Crippen LogP contribution in [0.4, 0.5) is 8.78 Å². The van der Waals surface area contributed by atoms with Crippen molar-refractivity contribution in [2.45, 2.75) is 32.7 Å². The standard InChI is InChI=1S/C13H16BrF2N/c1-13(2)6-8(13)11(17)5-7-10(15)4-3-9(14)12(7)16/h3-4,8,11H,5-6,17H2,1-2H3. The number of halogens is 3. The van der Waals surface area contributed by atoms with E-state index in [9.17, 15) is 8.78 Å². The molecule has 0 bridgehead atoms. The van der Waals surface area contributed by atoms with Crippen LogP contribution in [-0.4, -0.2) is 6.04 Å². The highest BCUT2D eigenvalue weighted by molar-refractivity contribution is 9.10. The van der Waals surface area contributed by atoms with Crippen molar-refractivity contribution < 1.29 is 8.78 Å². The normalized spacial score (nSPS) is 23.5. The van der Waals surface area contributed by atoms with Crippen molar-refractivity contribution in [1.29, 1.82) is 0 Å². The summed E-state index contributed by atoms with van der Waals surface area (Å²) in [6.45, 7) is 4.26. The molecular weight excluding hydrogens is 288 g/mol. The summed E-state index contributed by atoms with van der Waals surface area (Å²) in [7, 11) is 0. The van der Waals surface area contributed by atoms with E-state index < -0.39 is 11.6 Å². The molecule has 4 heteroatoms. The molecule has 1 aliphatic carbocycles. The molecule has 1 aromatic rings. The molecule has 0 saturated heterocycles. The zero-order valence-electron chi connectivity index (χ0n) is 9.93. The minimum absolute atomic E-state index is 0.0922. The summed E-state index contributed by atoms with van der Waals surface area (Å²) in [4.78, 5) is 0. The Balaban J connectivity index is 2.16. The molecule has 0 amide bonds. The first-order valence-electron chi connectivity index (χ1n) is 5.71. The van der Waals surface area contributed by atoms with Gasteiger partial charge in [-0.3, -0.25) is 0 Å². The fourth-order valence-corrected chi connectivity index (χ4v) is 2.74. The topological polar surface area (TPSA) is 26.0 Å². The third-order valence-corrected chi connectivity index (χ3v) is 4.30. The first-order valence-corrected chi connectivity index (χ1v) is 6.50. The lowest BCUT2D eigenvalue weighted by molar-refractivity contribution is 0.457. The highest BCUT2D eigenvalue weighted by atomic mass is 79.9. The highest BCUT2D eigenvalue weighted by Crippen LogP contribution is 2.53. The molecule has 1 aromatic carbocycles. The summed E-state index contributed by atoms with van der Waals surface area (Å²) in [5.41, 5.74) is 6.34. The van der Waals surface area contributed by atoms with Gasteiger partial charge in [-0.05, 0) is 52.2 Å². The zero-order valence-corrected chi connectivity index (χ0v) is 11.5. The van der Waals surface area contributed by atoms with E-state index in [0.717, 1.165) is 6.42 Å². The van der Waals surface area contributed by atoms with Gasteiger partial charge in [0.05, 0.1) is 4.47 Å². The van der Waals surface area contributed by atoms with Gasteiger partial charge in [0, 0.05) is 11.6 Å². The van der Waals surface area contributed by atoms with Crippen LogP contribution in [0.2, 0.25) is 0 Å². The van der Waals surface area contributed by atoms with E-state index in [1.165, 1.54) is 12.1 Å². The number of benzene rings is 1. The summed E-state index contributed by atoms with van der Waals surface area (Å²) >= 11 is 3.06. The average Bonchev–Trinajstić information content (AvgIpc) is 2.88. The molecule has 0 aromatic heterocycles. The lowest BCUT2D eigenvalue weighted by Crippen LogP contribution is -2.28. The van der Waals surface area contributed by atoms with Crippen LogP contribution >= 0.6 is 15.9 Å². The van der Waals surface area contributed by atoms with E-state index >= 15 is 0 Å². The predicted octanol–water partition coefficient (Wildman–Crippen LogP) is 3.64. The molecule has 17 heavy (non-hydrogen) atoms. The van der Waals surface area contributed by atoms with E-state index in [1.54, 1.807) is 0 Å². The lowest BCUT2D eigenvalue weighted by atomic mass is 9.97. The van der Waals surface area contributed by atoms with Crippen molar-refractivity contribution in [3.05, 3.63) is 33.8 Å². The lowest BCUT2D eigenvalue weighted by Gasteiger charge is -2.15. The van der Waals surface area contributed by atoms with Crippen LogP contribution in [0, 0.1) is 23.0 Å². The van der Waals surface area contributed by atoms with E-state index in [0.29, 0.717) is 5.92 Å². The van der Waals surface area contributed by atoms with Gasteiger partial charge in [0.25, 0.3) is 0 Å². The summed E-state index contributed by atoms with van der Waals surface area (Å²) in [6, 6.07) is 2.47. The molecule has 2 N–H and O–H groups in total. The quantitative estimate of drug-likeness (QED) is 0.848. The molecule has 2 rings (SSSR count). The summed E-state index contributed by atoms with van der Waals surface area (Å²) in [6.07, 6.45) is 1.29. The maximum absolute atomic E-state index is 13.8. The number of nitrogens with two attached hydrogens (primary N) is 1. The van der Waals surface area contributed by atoms with E-state index in [-0.39, 0.29) is 27.9 Å². The van der Waals surface area contributed by atoms with Crippen LogP contribution in [0.5, 0.6) is 0 Å². The largest absolute Gasteiger partial charge is 0.327 e. The SMILES string of the molecule is CC1(C)CC1C(N)Cc1c(F)ccc(Br)c1F. The zero-order chi connectivity index (χ0) is 12.8. The predicted molar refractivity (Wildman–Crippen MR) is 67.6 cm³/mol. The molecule has 0 aliphatic heterocycles. The van der Waals surface area contributed by atoms with Crippen molar-refractivity contribution in [3.8, 4) is 0 Å². The Morgan fingerprint density at radius 1 is 1.47 bits per heavy atom. The van der Waals surface area contributed by atoms with Crippen LogP contribution in [0.1, 0.15) is 25.8 Å². The van der Waals surface area contributed by atoms with Crippen molar-refractivity contribution in [1.82, 2.24) is 0 Å². The molecule has 2 atom stereocenters. The molecule has 0 radical (unpaired) electrons. The van der Waals surface area contributed by atoms with Crippen LogP contribution in [0.25, 0.3) is 0 Å². The smallest absolute Gasteiger partial charge is 0.143 e. The Morgan fingerprint density at radius 2 is 2.06 bits per heavy atom. The number of rotatable bonds is 3. The summed E-state index contributed by atoms with van der Waals surface area (Å²) < 4.78 is 27.6. The van der Waals surface area contributed by atoms with Gasteiger partial charge in [0.1, 0.15) is 11.6 Å². The third-order valence-electron chi connectivity index (χ3n) is 3.69. The Morgan fingerprint density at radius 3 is 2.59 bits per heavy atom. The molecule has 2 unspecified atom stereocenters. The Hall–Kier alpha value is -0.480. The van der Waals surface area contributed by atoms with Gasteiger partial charge in [0.15, 0.2) is 0 Å². The molecule has 0 heterocycles. The average molecular weight is 304 g/mol. The Kier molecular flexibility index (Phi) is 3.29. The number of hydrogen-bond donors (Lipinski definition) is 1. The van der Waals surface area contributed by atoms with Crippen molar-refractivity contribution in [2.24, 2.45) is 17.1 Å². The molecular formula is C13H16BrF2N. The van der Waals surface area contributed by atoms with Crippen LogP contribution in [0.3, 0.4) is 0 Å². The van der Waals surface area contributed by atoms with E-state index in [4.69, 9.17) is 5.73 Å². The molecule has 94 valence electrons. The van der Waals surface area contributed by atoms with Gasteiger partial charge in [-0.15, -0.1) is 0 Å². The van der Waals surface area contributed by atoms with E-state index in [2.05, 4.69) is 29.8 Å². The van der Waals surface area contributed by atoms with Gasteiger partial charge in [-0.25, -0.2) is 8.78 Å². The first-order chi connectivity index (χ1) is 7.83. The van der Waals surface area contributed by atoms with Crippen LogP contribution < -0.4 is 5.73 Å². The maximum Gasteiger partial charge on any atom is 0.143 e. The molecule has 1 aliphatic rings. The second kappa shape index (κ2) is 4.32. The fourth-order valence-electron chi connectivity index (χ4n) is 2.37. The monoisotopic (exact) mass is 303 g/mol. The van der Waals surface area contributed by atoms with Gasteiger partial charge >= 0.3 is 0 Å². The van der Waals surface area contributed by atoms with Crippen LogP contribution in [-0.2, 0) is 6.42 Å². The summed E-state index contributed by atoms with van der Waals surface area (Å²) in [5, 5.41) is 0. The maximum atomic E-state index is 13.8. The second-order valence-corrected chi connectivity index (χ2v) is 6.34. The number of hydrogen-bond acceptors (Lipinski definition) is 1. The first kappa shape index (κ1) is 13.0. The van der Waals surface area contributed by atoms with Gasteiger partial charge < -0.3 is 5.73 Å². The molecule has 1 nitrogen and oxygen atoms in total. The third kappa shape index (κ3) is 2.52. The van der Waals surface area contributed by atoms with E-state index in [1.807, 2.05) is 0 Å². The van der Waals surface area contributed by atoms with Gasteiger partial charge in [-0.1, -0.05) is 13.8 Å². The molecule has 1 fully saturated rings. The van der Waals surface area contributed by atoms with Gasteiger partial charge in [0.2, 0.25) is 0 Å². The van der Waals surface area contributed by atoms with Gasteiger partial charge in [-0.2, -0.15) is 0 Å². The van der Waals surface area contributed by atoms with Crippen molar-refractivity contribution in [2.75, 3.05) is 0 Å². The highest BCUT2D eigenvalue weighted by Gasteiger charge is 2.48. The molecule has 0 spiro atoms. The second-order valence-electron chi connectivity index (χ2n) is 5.49. The summed E-state index contributed by atoms with van der Waals surface area (Å²) in [5.74, 6) is -0.682. The minimum Gasteiger partial charge on any atom is -0.327 e. The molecule has 1 saturated carbocycles. The van der Waals surface area contributed by atoms with Crippen LogP contribution in [0.15, 0.2) is 16.6 Å². The Labute approximate surface area is 109 Å². The Bertz CT molecular complexity index is 445. The van der Waals surface area contributed by atoms with Crippen molar-refractivity contribution in [3.63, 3.8) is 0 Å². The minimum atomic E-state index is -0.529. The van der Waals surface area contributed by atoms with Crippen molar-refractivity contribution >= 4 is 15.9 Å². The fraction of sp³-hybridized carbons (Fsp3) is 0.538.